The van der Waals surface area contributed by atoms with Gasteiger partial charge in [0.25, 0.3) is 5.19 Å². The first kappa shape index (κ1) is 20.8. The molecule has 1 saturated carbocycles. The molecule has 1 aromatic carbocycles. The van der Waals surface area contributed by atoms with E-state index in [0.717, 1.165) is 48.7 Å². The maximum absolute atomic E-state index is 12.0. The average molecular weight is 429 g/mol. The van der Waals surface area contributed by atoms with Crippen molar-refractivity contribution in [1.29, 1.82) is 0 Å². The van der Waals surface area contributed by atoms with Gasteiger partial charge in [0.05, 0.1) is 22.2 Å². The molecule has 1 aliphatic rings. The Labute approximate surface area is 180 Å². The van der Waals surface area contributed by atoms with Gasteiger partial charge in [-0.25, -0.2) is 4.98 Å². The maximum Gasteiger partial charge on any atom is 0.311 e. The molecule has 0 spiro atoms. The van der Waals surface area contributed by atoms with Crippen molar-refractivity contribution in [3.8, 4) is 5.19 Å². The van der Waals surface area contributed by atoms with Gasteiger partial charge in [-0.1, -0.05) is 56.9 Å². The molecular weight excluding hydrogens is 400 g/mol. The van der Waals surface area contributed by atoms with E-state index in [1.807, 2.05) is 6.07 Å². The van der Waals surface area contributed by atoms with Crippen molar-refractivity contribution in [2.24, 2.45) is 11.8 Å². The van der Waals surface area contributed by atoms with Gasteiger partial charge >= 0.3 is 5.97 Å². The summed E-state index contributed by atoms with van der Waals surface area (Å²) < 4.78 is 14.0. The fourth-order valence-corrected chi connectivity index (χ4v) is 5.21. The van der Waals surface area contributed by atoms with Gasteiger partial charge in [-0.3, -0.25) is 4.79 Å². The third-order valence-corrected chi connectivity index (χ3v) is 6.99. The van der Waals surface area contributed by atoms with Crippen molar-refractivity contribution in [2.75, 3.05) is 6.79 Å². The second-order valence-electron chi connectivity index (χ2n) is 7.84. The van der Waals surface area contributed by atoms with Gasteiger partial charge in [0.1, 0.15) is 12.7 Å². The van der Waals surface area contributed by atoms with Crippen LogP contribution in [0.4, 0.5) is 0 Å². The molecule has 1 aliphatic carbocycles. The van der Waals surface area contributed by atoms with Gasteiger partial charge in [0, 0.05) is 0 Å². The standard InChI is InChI=1S/C22H28N4O3S/c1-3-15(4-2)20(26-12-23-24-13-26)17-9-10-18-19(11-17)30-22(25-18)29-14-28-21(27)16-7-5-6-8-16/h9-13,15-16,20H,3-8,14H2,1-2H3. The molecule has 0 N–H and O–H groups in total. The van der Waals surface area contributed by atoms with Crippen LogP contribution in [0.15, 0.2) is 30.9 Å². The number of hydrogen-bond acceptors (Lipinski definition) is 7. The number of benzene rings is 1. The molecular formula is C22H28N4O3S. The van der Waals surface area contributed by atoms with Crippen molar-refractivity contribution in [3.05, 3.63) is 36.4 Å². The minimum atomic E-state index is -0.155. The number of thiazole rings is 1. The highest BCUT2D eigenvalue weighted by atomic mass is 32.1. The Morgan fingerprint density at radius 2 is 1.93 bits per heavy atom. The largest absolute Gasteiger partial charge is 0.432 e. The Morgan fingerprint density at radius 3 is 2.63 bits per heavy atom. The lowest BCUT2D eigenvalue weighted by molar-refractivity contribution is -0.154. The van der Waals surface area contributed by atoms with Crippen molar-refractivity contribution in [3.63, 3.8) is 0 Å². The van der Waals surface area contributed by atoms with Gasteiger partial charge in [0.2, 0.25) is 6.79 Å². The van der Waals surface area contributed by atoms with Crippen LogP contribution in [0.5, 0.6) is 5.19 Å². The summed E-state index contributed by atoms with van der Waals surface area (Å²) in [5.41, 5.74) is 2.09. The fourth-order valence-electron chi connectivity index (χ4n) is 4.36. The van der Waals surface area contributed by atoms with Crippen LogP contribution in [-0.4, -0.2) is 32.5 Å². The average Bonchev–Trinajstić information content (AvgIpc) is 3.53. The first-order chi connectivity index (χ1) is 14.7. The molecule has 7 nitrogen and oxygen atoms in total. The predicted molar refractivity (Wildman–Crippen MR) is 115 cm³/mol. The van der Waals surface area contributed by atoms with E-state index in [2.05, 4.69) is 45.7 Å². The summed E-state index contributed by atoms with van der Waals surface area (Å²) in [5.74, 6) is 0.362. The summed E-state index contributed by atoms with van der Waals surface area (Å²) in [5, 5.41) is 8.53. The molecule has 3 aromatic rings. The van der Waals surface area contributed by atoms with Crippen LogP contribution in [0, 0.1) is 11.8 Å². The van der Waals surface area contributed by atoms with Gasteiger partial charge in [0.15, 0.2) is 0 Å². The lowest BCUT2D eigenvalue weighted by Crippen LogP contribution is -2.19. The monoisotopic (exact) mass is 428 g/mol. The number of ether oxygens (including phenoxy) is 2. The van der Waals surface area contributed by atoms with Crippen LogP contribution in [0.2, 0.25) is 0 Å². The van der Waals surface area contributed by atoms with Crippen LogP contribution >= 0.6 is 11.3 Å². The number of rotatable bonds is 9. The number of esters is 1. The van der Waals surface area contributed by atoms with E-state index >= 15 is 0 Å². The smallest absolute Gasteiger partial charge is 0.311 e. The first-order valence-electron chi connectivity index (χ1n) is 10.7. The first-order valence-corrected chi connectivity index (χ1v) is 11.5. The molecule has 1 unspecified atom stereocenters. The Hall–Kier alpha value is -2.48. The molecule has 30 heavy (non-hydrogen) atoms. The van der Waals surface area contributed by atoms with E-state index < -0.39 is 0 Å². The molecule has 0 saturated heterocycles. The minimum Gasteiger partial charge on any atom is -0.432 e. The van der Waals surface area contributed by atoms with Crippen molar-refractivity contribution < 1.29 is 14.3 Å². The summed E-state index contributed by atoms with van der Waals surface area (Å²) in [6, 6.07) is 6.50. The quantitative estimate of drug-likeness (QED) is 0.353. The molecule has 1 fully saturated rings. The Morgan fingerprint density at radius 1 is 1.20 bits per heavy atom. The molecule has 2 aromatic heterocycles. The second-order valence-corrected chi connectivity index (χ2v) is 8.84. The molecule has 0 aliphatic heterocycles. The fraction of sp³-hybridized carbons (Fsp3) is 0.545. The van der Waals surface area contributed by atoms with Crippen molar-refractivity contribution >= 4 is 27.5 Å². The molecule has 0 radical (unpaired) electrons. The van der Waals surface area contributed by atoms with E-state index in [9.17, 15) is 4.79 Å². The molecule has 0 amide bonds. The SMILES string of the molecule is CCC(CC)C(c1ccc2nc(OCOC(=O)C3CCCC3)sc2c1)n1cnnc1. The molecule has 0 bridgehead atoms. The Bertz CT molecular complexity index is 962. The second kappa shape index (κ2) is 9.55. The summed E-state index contributed by atoms with van der Waals surface area (Å²) in [7, 11) is 0. The topological polar surface area (TPSA) is 79.1 Å². The number of carbonyl (C=O) groups is 1. The highest BCUT2D eigenvalue weighted by Gasteiger charge is 2.25. The van der Waals surface area contributed by atoms with E-state index in [-0.39, 0.29) is 24.7 Å². The zero-order valence-electron chi connectivity index (χ0n) is 17.5. The van der Waals surface area contributed by atoms with Crippen LogP contribution in [0.3, 0.4) is 0 Å². The van der Waals surface area contributed by atoms with E-state index in [1.54, 1.807) is 12.7 Å². The number of carbonyl (C=O) groups excluding carboxylic acids is 1. The van der Waals surface area contributed by atoms with Gasteiger partial charge in [-0.05, 0) is 36.5 Å². The van der Waals surface area contributed by atoms with E-state index in [1.165, 1.54) is 16.9 Å². The lowest BCUT2D eigenvalue weighted by Gasteiger charge is -2.26. The van der Waals surface area contributed by atoms with Crippen LogP contribution < -0.4 is 4.74 Å². The van der Waals surface area contributed by atoms with E-state index in [4.69, 9.17) is 9.47 Å². The lowest BCUT2D eigenvalue weighted by atomic mass is 9.88. The van der Waals surface area contributed by atoms with Crippen molar-refractivity contribution in [2.45, 2.75) is 58.4 Å². The van der Waals surface area contributed by atoms with Gasteiger partial charge in [-0.15, -0.1) is 10.2 Å². The normalized spacial score (nSPS) is 15.7. The van der Waals surface area contributed by atoms with Crippen molar-refractivity contribution in [1.82, 2.24) is 19.7 Å². The molecule has 4 rings (SSSR count). The third-order valence-electron chi connectivity index (χ3n) is 6.06. The van der Waals surface area contributed by atoms with Gasteiger partial charge in [-0.2, -0.15) is 0 Å². The van der Waals surface area contributed by atoms with Crippen LogP contribution in [-0.2, 0) is 9.53 Å². The number of nitrogens with zero attached hydrogens (tertiary/aromatic N) is 4. The minimum absolute atomic E-state index is 0.0335. The van der Waals surface area contributed by atoms with Crippen LogP contribution in [0.1, 0.15) is 64.0 Å². The highest BCUT2D eigenvalue weighted by Crippen LogP contribution is 2.35. The summed E-state index contributed by atoms with van der Waals surface area (Å²) in [6.45, 7) is 4.35. The third kappa shape index (κ3) is 4.48. The summed E-state index contributed by atoms with van der Waals surface area (Å²) in [6.07, 6.45) is 9.77. The summed E-state index contributed by atoms with van der Waals surface area (Å²) >= 11 is 1.47. The molecule has 8 heteroatoms. The Balaban J connectivity index is 1.48. The molecule has 2 heterocycles. The number of aromatic nitrogens is 4. The zero-order valence-corrected chi connectivity index (χ0v) is 18.3. The zero-order chi connectivity index (χ0) is 20.9. The maximum atomic E-state index is 12.0. The van der Waals surface area contributed by atoms with E-state index in [0.29, 0.717) is 11.1 Å². The summed E-state index contributed by atoms with van der Waals surface area (Å²) in [4.78, 5) is 16.6. The van der Waals surface area contributed by atoms with Gasteiger partial charge < -0.3 is 14.0 Å². The molecule has 160 valence electrons. The predicted octanol–water partition coefficient (Wildman–Crippen LogP) is 4.98. The highest BCUT2D eigenvalue weighted by molar-refractivity contribution is 7.20. The molecule has 1 atom stereocenters. The Kier molecular flexibility index (Phi) is 6.62. The number of fused-ring (bicyclic) bond motifs is 1. The number of hydrogen-bond donors (Lipinski definition) is 0. The van der Waals surface area contributed by atoms with Crippen LogP contribution in [0.25, 0.3) is 10.2 Å².